The largest absolute Gasteiger partial charge is 0.362 e. The molecule has 0 spiro atoms. The first-order valence-electron chi connectivity index (χ1n) is 7.59. The summed E-state index contributed by atoms with van der Waals surface area (Å²) < 4.78 is 0. The topological polar surface area (TPSA) is 24.4 Å². The van der Waals surface area contributed by atoms with Crippen molar-refractivity contribution in [2.24, 2.45) is 16.3 Å². The minimum absolute atomic E-state index is 0.528. The van der Waals surface area contributed by atoms with Crippen LogP contribution in [0, 0.1) is 11.3 Å². The van der Waals surface area contributed by atoms with Crippen LogP contribution >= 0.6 is 11.8 Å². The van der Waals surface area contributed by atoms with E-state index < -0.39 is 0 Å². The third kappa shape index (κ3) is 3.43. The molecule has 3 heteroatoms. The maximum Gasteiger partial charge on any atom is 0.156 e. The van der Waals surface area contributed by atoms with E-state index in [0.717, 1.165) is 6.54 Å². The van der Waals surface area contributed by atoms with Gasteiger partial charge in [-0.05, 0) is 37.0 Å². The number of aliphatic imine (C=N–C) groups is 1. The lowest BCUT2D eigenvalue weighted by Gasteiger charge is -2.30. The Morgan fingerprint density at radius 3 is 2.72 bits per heavy atom. The summed E-state index contributed by atoms with van der Waals surface area (Å²) in [6.45, 7) is 7.99. The van der Waals surface area contributed by atoms with Gasteiger partial charge in [0.15, 0.2) is 5.17 Å². The molecule has 2 aliphatic rings. The summed E-state index contributed by atoms with van der Waals surface area (Å²) in [6, 6.07) is 0.631. The normalized spacial score (nSPS) is 29.8. The third-order valence-corrected chi connectivity index (χ3v) is 5.71. The van der Waals surface area contributed by atoms with Gasteiger partial charge in [0.05, 0.1) is 0 Å². The highest BCUT2D eigenvalue weighted by Gasteiger charge is 2.32. The number of hydrogen-bond donors (Lipinski definition) is 1. The molecule has 0 radical (unpaired) electrons. The van der Waals surface area contributed by atoms with Gasteiger partial charge >= 0.3 is 0 Å². The summed E-state index contributed by atoms with van der Waals surface area (Å²) >= 11 is 1.92. The minimum atomic E-state index is 0.528. The molecule has 1 saturated heterocycles. The Balaban J connectivity index is 1.92. The van der Waals surface area contributed by atoms with Crippen LogP contribution in [0.2, 0.25) is 0 Å². The van der Waals surface area contributed by atoms with Crippen LogP contribution in [0.15, 0.2) is 4.99 Å². The van der Waals surface area contributed by atoms with Crippen LogP contribution < -0.4 is 5.32 Å². The third-order valence-electron chi connectivity index (χ3n) is 4.75. The maximum absolute atomic E-state index is 4.91. The first-order valence-corrected chi connectivity index (χ1v) is 8.57. The average Bonchev–Trinajstić information content (AvgIpc) is 2.86. The van der Waals surface area contributed by atoms with Crippen molar-refractivity contribution in [3.8, 4) is 0 Å². The van der Waals surface area contributed by atoms with Crippen molar-refractivity contribution in [2.75, 3.05) is 12.3 Å². The highest BCUT2D eigenvalue weighted by Crippen LogP contribution is 2.41. The Bertz CT molecular complexity index is 293. The van der Waals surface area contributed by atoms with Crippen molar-refractivity contribution in [1.29, 1.82) is 0 Å². The van der Waals surface area contributed by atoms with E-state index in [-0.39, 0.29) is 0 Å². The van der Waals surface area contributed by atoms with E-state index in [2.05, 4.69) is 26.1 Å². The van der Waals surface area contributed by atoms with Crippen LogP contribution in [0.3, 0.4) is 0 Å². The van der Waals surface area contributed by atoms with E-state index in [1.165, 1.54) is 49.4 Å². The van der Waals surface area contributed by atoms with Gasteiger partial charge in [-0.1, -0.05) is 45.4 Å². The summed E-state index contributed by atoms with van der Waals surface area (Å²) in [7, 11) is 0. The van der Waals surface area contributed by atoms with Crippen LogP contribution in [0.4, 0.5) is 0 Å². The molecule has 0 bridgehead atoms. The summed E-state index contributed by atoms with van der Waals surface area (Å²) in [5, 5.41) is 4.84. The van der Waals surface area contributed by atoms with Gasteiger partial charge in [-0.15, -0.1) is 0 Å². The smallest absolute Gasteiger partial charge is 0.156 e. The van der Waals surface area contributed by atoms with Gasteiger partial charge in [0.25, 0.3) is 0 Å². The number of amidine groups is 1. The first-order chi connectivity index (χ1) is 8.65. The Morgan fingerprint density at radius 1 is 1.39 bits per heavy atom. The average molecular weight is 268 g/mol. The Morgan fingerprint density at radius 2 is 2.11 bits per heavy atom. The molecule has 1 aliphatic carbocycles. The van der Waals surface area contributed by atoms with Crippen LogP contribution in [-0.2, 0) is 0 Å². The molecule has 1 unspecified atom stereocenters. The molecule has 1 heterocycles. The zero-order chi connectivity index (χ0) is 13.0. The van der Waals surface area contributed by atoms with Gasteiger partial charge in [-0.3, -0.25) is 4.99 Å². The molecule has 0 aromatic carbocycles. The molecule has 1 saturated carbocycles. The zero-order valence-corrected chi connectivity index (χ0v) is 13.0. The molecule has 0 aromatic heterocycles. The van der Waals surface area contributed by atoms with Gasteiger partial charge in [-0.25, -0.2) is 0 Å². The predicted molar refractivity (Wildman–Crippen MR) is 82.3 cm³/mol. The van der Waals surface area contributed by atoms with Gasteiger partial charge < -0.3 is 5.32 Å². The summed E-state index contributed by atoms with van der Waals surface area (Å²) in [5.41, 5.74) is 0.528. The monoisotopic (exact) mass is 268 g/mol. The van der Waals surface area contributed by atoms with Gasteiger partial charge in [0.2, 0.25) is 0 Å². The van der Waals surface area contributed by atoms with E-state index in [0.29, 0.717) is 17.4 Å². The van der Waals surface area contributed by atoms with Gasteiger partial charge in [-0.2, -0.15) is 0 Å². The standard InChI is InChI=1S/C15H28N2S/c1-4-15(8-5-6-9-15)11-16-14-17-13(12(2)3)7-10-18-14/h12-13H,4-11H2,1-3H3,(H,16,17). The minimum Gasteiger partial charge on any atom is -0.362 e. The molecule has 1 N–H and O–H groups in total. The molecule has 18 heavy (non-hydrogen) atoms. The quantitative estimate of drug-likeness (QED) is 0.831. The number of nitrogens with one attached hydrogen (secondary N) is 1. The highest BCUT2D eigenvalue weighted by atomic mass is 32.2. The summed E-state index contributed by atoms with van der Waals surface area (Å²) in [6.07, 6.45) is 8.17. The van der Waals surface area contributed by atoms with E-state index in [9.17, 15) is 0 Å². The molecular formula is C15H28N2S. The van der Waals surface area contributed by atoms with E-state index >= 15 is 0 Å². The van der Waals surface area contributed by atoms with E-state index in [1.807, 2.05) is 11.8 Å². The van der Waals surface area contributed by atoms with E-state index in [4.69, 9.17) is 4.99 Å². The Kier molecular flexibility index (Phi) is 4.99. The number of rotatable bonds is 4. The Labute approximate surface area is 116 Å². The van der Waals surface area contributed by atoms with Crippen molar-refractivity contribution >= 4 is 16.9 Å². The van der Waals surface area contributed by atoms with Crippen molar-refractivity contribution < 1.29 is 0 Å². The second-order valence-corrected chi connectivity index (χ2v) is 7.40. The molecule has 0 aromatic rings. The van der Waals surface area contributed by atoms with Gasteiger partial charge in [0.1, 0.15) is 0 Å². The molecule has 0 amide bonds. The second kappa shape index (κ2) is 6.31. The molecule has 2 nitrogen and oxygen atoms in total. The molecule has 2 rings (SSSR count). The summed E-state index contributed by atoms with van der Waals surface area (Å²) in [5.74, 6) is 1.94. The zero-order valence-electron chi connectivity index (χ0n) is 12.2. The predicted octanol–water partition coefficient (Wildman–Crippen LogP) is 4.06. The fourth-order valence-electron chi connectivity index (χ4n) is 3.13. The maximum atomic E-state index is 4.91. The van der Waals surface area contributed by atoms with Crippen molar-refractivity contribution in [1.82, 2.24) is 5.32 Å². The van der Waals surface area contributed by atoms with Crippen molar-refractivity contribution in [3.63, 3.8) is 0 Å². The lowest BCUT2D eigenvalue weighted by molar-refractivity contribution is 0.297. The fraction of sp³-hybridized carbons (Fsp3) is 0.933. The van der Waals surface area contributed by atoms with Gasteiger partial charge in [0, 0.05) is 18.3 Å². The molecule has 1 aliphatic heterocycles. The number of thioether (sulfide) groups is 1. The highest BCUT2D eigenvalue weighted by molar-refractivity contribution is 8.13. The fourth-order valence-corrected chi connectivity index (χ4v) is 4.09. The van der Waals surface area contributed by atoms with Crippen LogP contribution in [0.1, 0.15) is 59.3 Å². The molecule has 2 fully saturated rings. The lowest BCUT2D eigenvalue weighted by atomic mass is 9.84. The molecule has 104 valence electrons. The molecular weight excluding hydrogens is 240 g/mol. The second-order valence-electron chi connectivity index (χ2n) is 6.31. The summed E-state index contributed by atoms with van der Waals surface area (Å²) in [4.78, 5) is 4.91. The van der Waals surface area contributed by atoms with Crippen LogP contribution in [0.5, 0.6) is 0 Å². The molecule has 1 atom stereocenters. The van der Waals surface area contributed by atoms with Crippen molar-refractivity contribution in [2.45, 2.75) is 65.3 Å². The first kappa shape index (κ1) is 14.2. The van der Waals surface area contributed by atoms with Crippen LogP contribution in [0.25, 0.3) is 0 Å². The van der Waals surface area contributed by atoms with Crippen molar-refractivity contribution in [3.05, 3.63) is 0 Å². The van der Waals surface area contributed by atoms with E-state index in [1.54, 1.807) is 0 Å². The number of hydrogen-bond acceptors (Lipinski definition) is 2. The lowest BCUT2D eigenvalue weighted by Crippen LogP contribution is -2.41. The number of nitrogens with zero attached hydrogens (tertiary/aromatic N) is 1. The van der Waals surface area contributed by atoms with Crippen LogP contribution in [-0.4, -0.2) is 23.5 Å². The Hall–Kier alpha value is -0.180. The SMILES string of the molecule is CCC1(CN=C2NC(C(C)C)CCS2)CCCC1.